The van der Waals surface area contributed by atoms with Gasteiger partial charge in [0.1, 0.15) is 0 Å². The van der Waals surface area contributed by atoms with Gasteiger partial charge in [0.25, 0.3) is 5.91 Å². The summed E-state index contributed by atoms with van der Waals surface area (Å²) in [7, 11) is 1.30. The molecule has 2 aromatic rings. The summed E-state index contributed by atoms with van der Waals surface area (Å²) in [5.74, 6) is -0.378. The van der Waals surface area contributed by atoms with E-state index in [4.69, 9.17) is 16.3 Å². The number of carbonyl (C=O) groups is 3. The summed E-state index contributed by atoms with van der Waals surface area (Å²) in [5, 5.41) is 3.72. The first-order chi connectivity index (χ1) is 16.5. The van der Waals surface area contributed by atoms with Gasteiger partial charge in [-0.3, -0.25) is 9.59 Å². The van der Waals surface area contributed by atoms with Crippen molar-refractivity contribution in [1.29, 1.82) is 0 Å². The molecule has 35 heavy (non-hydrogen) atoms. The number of benzene rings is 2. The molecular weight excluding hydrogens is 464 g/mol. The van der Waals surface area contributed by atoms with Gasteiger partial charge in [0.15, 0.2) is 0 Å². The van der Waals surface area contributed by atoms with Crippen LogP contribution in [0.25, 0.3) is 0 Å². The molecule has 1 heterocycles. The molecule has 0 aliphatic carbocycles. The maximum Gasteiger partial charge on any atom is 0.337 e. The smallest absolute Gasteiger partial charge is 0.337 e. The number of amides is 2. The molecule has 0 spiro atoms. The summed E-state index contributed by atoms with van der Waals surface area (Å²) in [6, 6.07) is 14.1. The summed E-state index contributed by atoms with van der Waals surface area (Å²) < 4.78 is 4.74. The van der Waals surface area contributed by atoms with Crippen molar-refractivity contribution >= 4 is 29.4 Å². The molecule has 1 N–H and O–H groups in total. The van der Waals surface area contributed by atoms with Crippen LogP contribution in [0.3, 0.4) is 0 Å². The molecule has 0 radical (unpaired) electrons. The summed E-state index contributed by atoms with van der Waals surface area (Å²) in [6.07, 6.45) is 1.10. The van der Waals surface area contributed by atoms with E-state index in [-0.39, 0.29) is 35.6 Å². The Hall–Kier alpha value is -2.86. The van der Waals surface area contributed by atoms with E-state index >= 15 is 0 Å². The van der Waals surface area contributed by atoms with Crippen LogP contribution >= 0.6 is 11.6 Å². The Morgan fingerprint density at radius 1 is 1.11 bits per heavy atom. The lowest BCUT2D eigenvalue weighted by Crippen LogP contribution is -2.50. The third-order valence-electron chi connectivity index (χ3n) is 6.92. The maximum absolute atomic E-state index is 13.3. The van der Waals surface area contributed by atoms with Gasteiger partial charge in [-0.2, -0.15) is 0 Å². The Morgan fingerprint density at radius 2 is 1.77 bits per heavy atom. The van der Waals surface area contributed by atoms with Crippen molar-refractivity contribution in [3.8, 4) is 0 Å². The zero-order valence-electron chi connectivity index (χ0n) is 21.1. The topological polar surface area (TPSA) is 75.7 Å². The minimum atomic E-state index is -0.500. The molecule has 188 valence electrons. The van der Waals surface area contributed by atoms with Crippen molar-refractivity contribution in [2.45, 2.75) is 52.5 Å². The highest BCUT2D eigenvalue weighted by Gasteiger charge is 2.38. The van der Waals surface area contributed by atoms with E-state index in [1.165, 1.54) is 18.7 Å². The Labute approximate surface area is 213 Å². The molecule has 1 aliphatic rings. The maximum atomic E-state index is 13.3. The fourth-order valence-electron chi connectivity index (χ4n) is 4.81. The Balaban J connectivity index is 1.65. The van der Waals surface area contributed by atoms with E-state index in [9.17, 15) is 14.4 Å². The molecule has 0 bridgehead atoms. The van der Waals surface area contributed by atoms with Crippen LogP contribution in [-0.2, 0) is 9.53 Å². The number of piperidine rings is 1. The molecule has 7 heteroatoms. The summed E-state index contributed by atoms with van der Waals surface area (Å²) in [4.78, 5) is 39.9. The molecule has 6 nitrogen and oxygen atoms in total. The fourth-order valence-corrected chi connectivity index (χ4v) is 4.94. The molecule has 3 rings (SSSR count). The van der Waals surface area contributed by atoms with E-state index in [2.05, 4.69) is 31.3 Å². The first-order valence-electron chi connectivity index (χ1n) is 12.0. The quantitative estimate of drug-likeness (QED) is 0.524. The average molecular weight is 499 g/mol. The lowest BCUT2D eigenvalue weighted by Gasteiger charge is -2.45. The number of nitrogens with zero attached hydrogens (tertiary/aromatic N) is 1. The number of likely N-dealkylation sites (tertiary alicyclic amines) is 1. The number of halogens is 1. The predicted octanol–water partition coefficient (Wildman–Crippen LogP) is 5.31. The standard InChI is InChI=1S/C28H35ClN2O4/c1-18(2)24(30-26(33)20-7-6-8-21(15-20)27(34)35-5)16-25(32)31-14-13-23(28(3,4)17-31)19-9-11-22(29)12-10-19/h6-12,15,18,23-24H,13-14,16-17H2,1-5H3,(H,30,33). The van der Waals surface area contributed by atoms with Crippen LogP contribution in [0, 0.1) is 11.3 Å². The highest BCUT2D eigenvalue weighted by molar-refractivity contribution is 6.30. The summed E-state index contributed by atoms with van der Waals surface area (Å²) >= 11 is 6.06. The number of nitrogens with one attached hydrogen (secondary N) is 1. The van der Waals surface area contributed by atoms with Crippen LogP contribution in [0.1, 0.15) is 72.7 Å². The van der Waals surface area contributed by atoms with Gasteiger partial charge in [0, 0.05) is 36.1 Å². The SMILES string of the molecule is COC(=O)c1cccc(C(=O)NC(CC(=O)N2CCC(c3ccc(Cl)cc3)C(C)(C)C2)C(C)C)c1. The van der Waals surface area contributed by atoms with Crippen molar-refractivity contribution in [3.05, 3.63) is 70.2 Å². The number of methoxy groups -OCH3 is 1. The largest absolute Gasteiger partial charge is 0.465 e. The Morgan fingerprint density at radius 3 is 2.37 bits per heavy atom. The monoisotopic (exact) mass is 498 g/mol. The van der Waals surface area contributed by atoms with Crippen molar-refractivity contribution in [2.75, 3.05) is 20.2 Å². The van der Waals surface area contributed by atoms with Crippen LogP contribution in [0.15, 0.2) is 48.5 Å². The van der Waals surface area contributed by atoms with Crippen molar-refractivity contribution in [2.24, 2.45) is 11.3 Å². The molecule has 1 aliphatic heterocycles. The highest BCUT2D eigenvalue weighted by atomic mass is 35.5. The van der Waals surface area contributed by atoms with E-state index in [1.807, 2.05) is 30.9 Å². The van der Waals surface area contributed by atoms with Gasteiger partial charge < -0.3 is 15.0 Å². The number of rotatable bonds is 7. The van der Waals surface area contributed by atoms with Crippen LogP contribution in [0.2, 0.25) is 5.02 Å². The second-order valence-electron chi connectivity index (χ2n) is 10.3. The summed E-state index contributed by atoms with van der Waals surface area (Å²) in [6.45, 7) is 9.69. The molecule has 1 fully saturated rings. The van der Waals surface area contributed by atoms with Gasteiger partial charge in [-0.1, -0.05) is 57.5 Å². The second kappa shape index (κ2) is 11.3. The van der Waals surface area contributed by atoms with E-state index < -0.39 is 5.97 Å². The number of esters is 1. The van der Waals surface area contributed by atoms with Gasteiger partial charge in [-0.25, -0.2) is 4.79 Å². The van der Waals surface area contributed by atoms with E-state index in [1.54, 1.807) is 18.2 Å². The first-order valence-corrected chi connectivity index (χ1v) is 12.4. The third kappa shape index (κ3) is 6.63. The minimum absolute atomic E-state index is 0.0370. The number of hydrogen-bond acceptors (Lipinski definition) is 4. The van der Waals surface area contributed by atoms with Crippen LogP contribution in [0.5, 0.6) is 0 Å². The number of hydrogen-bond donors (Lipinski definition) is 1. The van der Waals surface area contributed by atoms with Crippen molar-refractivity contribution in [1.82, 2.24) is 10.2 Å². The van der Waals surface area contributed by atoms with Crippen molar-refractivity contribution in [3.63, 3.8) is 0 Å². The van der Waals surface area contributed by atoms with Crippen LogP contribution in [0.4, 0.5) is 0 Å². The van der Waals surface area contributed by atoms with Gasteiger partial charge in [-0.05, 0) is 59.6 Å². The van der Waals surface area contributed by atoms with Gasteiger partial charge in [0.05, 0.1) is 12.7 Å². The Bertz CT molecular complexity index is 1060. The van der Waals surface area contributed by atoms with E-state index in [0.29, 0.717) is 30.1 Å². The molecule has 2 unspecified atom stereocenters. The number of ether oxygens (including phenoxy) is 1. The van der Waals surface area contributed by atoms with Crippen LogP contribution in [-0.4, -0.2) is 48.9 Å². The normalized spacial score (nSPS) is 18.1. The van der Waals surface area contributed by atoms with Gasteiger partial charge >= 0.3 is 5.97 Å². The molecule has 2 aromatic carbocycles. The average Bonchev–Trinajstić information content (AvgIpc) is 2.83. The molecule has 2 amide bonds. The van der Waals surface area contributed by atoms with E-state index in [0.717, 1.165) is 11.4 Å². The number of carbonyl (C=O) groups excluding carboxylic acids is 3. The summed E-state index contributed by atoms with van der Waals surface area (Å²) in [5.41, 5.74) is 1.82. The zero-order chi connectivity index (χ0) is 25.8. The molecular formula is C28H35ClN2O4. The molecule has 0 saturated carbocycles. The van der Waals surface area contributed by atoms with Gasteiger partial charge in [-0.15, -0.1) is 0 Å². The highest BCUT2D eigenvalue weighted by Crippen LogP contribution is 2.42. The van der Waals surface area contributed by atoms with Crippen LogP contribution < -0.4 is 5.32 Å². The third-order valence-corrected chi connectivity index (χ3v) is 7.17. The zero-order valence-corrected chi connectivity index (χ0v) is 21.9. The molecule has 1 saturated heterocycles. The minimum Gasteiger partial charge on any atom is -0.465 e. The predicted molar refractivity (Wildman–Crippen MR) is 138 cm³/mol. The lowest BCUT2D eigenvalue weighted by atomic mass is 9.70. The Kier molecular flexibility index (Phi) is 8.60. The van der Waals surface area contributed by atoms with Crippen molar-refractivity contribution < 1.29 is 19.1 Å². The molecule has 0 aromatic heterocycles. The fraction of sp³-hybridized carbons (Fsp3) is 0.464. The van der Waals surface area contributed by atoms with Gasteiger partial charge in [0.2, 0.25) is 5.91 Å². The lowest BCUT2D eigenvalue weighted by molar-refractivity contribution is -0.135. The second-order valence-corrected chi connectivity index (χ2v) is 10.7. The molecule has 2 atom stereocenters. The first kappa shape index (κ1) is 26.7.